The molecule has 0 aromatic heterocycles. The van der Waals surface area contributed by atoms with Gasteiger partial charge >= 0.3 is 0 Å². The third-order valence-electron chi connectivity index (χ3n) is 3.00. The van der Waals surface area contributed by atoms with Crippen LogP contribution in [0.1, 0.15) is 60.3 Å². The molecule has 0 rings (SSSR count). The summed E-state index contributed by atoms with van der Waals surface area (Å²) in [6, 6.07) is 0. The van der Waals surface area contributed by atoms with E-state index in [-0.39, 0.29) is 5.91 Å². The first-order chi connectivity index (χ1) is 8.57. The zero-order valence-corrected chi connectivity index (χ0v) is 13.3. The fourth-order valence-electron chi connectivity index (χ4n) is 1.40. The molecule has 0 aromatic carbocycles. The highest BCUT2D eigenvalue weighted by molar-refractivity contribution is 5.72. The number of rotatable bonds is 9. The summed E-state index contributed by atoms with van der Waals surface area (Å²) in [5, 5.41) is 0. The van der Waals surface area contributed by atoms with Crippen LogP contribution in [-0.2, 0) is 9.53 Å². The number of nitrogens with zero attached hydrogens (tertiary/aromatic N) is 1. The van der Waals surface area contributed by atoms with E-state index in [4.69, 9.17) is 4.74 Å². The standard InChI is InChI=1S/C13H27NO2.C2H6/c1-5-12(2)8-6-10-16-11-7-9-14(4)13(3)15;1-2/h12H,5-11H2,1-4H3;1-2H3. The summed E-state index contributed by atoms with van der Waals surface area (Å²) in [6.45, 7) is 12.5. The second kappa shape index (κ2) is 14.5. The average molecular weight is 259 g/mol. The van der Waals surface area contributed by atoms with Crippen molar-refractivity contribution >= 4 is 5.91 Å². The van der Waals surface area contributed by atoms with Crippen LogP contribution in [0.25, 0.3) is 0 Å². The maximum atomic E-state index is 10.9. The largest absolute Gasteiger partial charge is 0.381 e. The number of hydrogen-bond acceptors (Lipinski definition) is 2. The van der Waals surface area contributed by atoms with Gasteiger partial charge in [0, 0.05) is 33.7 Å². The highest BCUT2D eigenvalue weighted by Crippen LogP contribution is 2.08. The first kappa shape index (κ1) is 19.8. The summed E-state index contributed by atoms with van der Waals surface area (Å²) in [6.07, 6.45) is 4.59. The number of hydrogen-bond donors (Lipinski definition) is 0. The van der Waals surface area contributed by atoms with Crippen molar-refractivity contribution in [3.05, 3.63) is 0 Å². The molecular formula is C15H33NO2. The van der Waals surface area contributed by atoms with Crippen molar-refractivity contribution in [1.82, 2.24) is 4.90 Å². The van der Waals surface area contributed by atoms with E-state index in [1.807, 2.05) is 20.9 Å². The molecule has 1 atom stereocenters. The van der Waals surface area contributed by atoms with Gasteiger partial charge in [0.15, 0.2) is 0 Å². The second-order valence-corrected chi connectivity index (χ2v) is 4.56. The Morgan fingerprint density at radius 3 is 2.28 bits per heavy atom. The molecule has 0 N–H and O–H groups in total. The van der Waals surface area contributed by atoms with Crippen molar-refractivity contribution in [2.24, 2.45) is 5.92 Å². The van der Waals surface area contributed by atoms with Gasteiger partial charge in [-0.05, 0) is 25.2 Å². The second-order valence-electron chi connectivity index (χ2n) is 4.56. The van der Waals surface area contributed by atoms with Gasteiger partial charge in [0.2, 0.25) is 5.91 Å². The molecule has 0 aliphatic carbocycles. The Labute approximate surface area is 114 Å². The predicted molar refractivity (Wildman–Crippen MR) is 78.8 cm³/mol. The topological polar surface area (TPSA) is 29.5 Å². The van der Waals surface area contributed by atoms with Crippen molar-refractivity contribution in [3.63, 3.8) is 0 Å². The minimum Gasteiger partial charge on any atom is -0.381 e. The lowest BCUT2D eigenvalue weighted by atomic mass is 10.0. The molecule has 0 bridgehead atoms. The zero-order chi connectivity index (χ0) is 14.4. The quantitative estimate of drug-likeness (QED) is 0.591. The molecule has 0 aliphatic rings. The van der Waals surface area contributed by atoms with E-state index >= 15 is 0 Å². The maximum absolute atomic E-state index is 10.9. The molecule has 0 heterocycles. The molecule has 1 unspecified atom stereocenters. The van der Waals surface area contributed by atoms with Crippen molar-refractivity contribution in [1.29, 1.82) is 0 Å². The van der Waals surface area contributed by atoms with Gasteiger partial charge in [0.05, 0.1) is 0 Å². The van der Waals surface area contributed by atoms with Crippen LogP contribution >= 0.6 is 0 Å². The van der Waals surface area contributed by atoms with E-state index in [0.717, 1.165) is 38.5 Å². The van der Waals surface area contributed by atoms with Crippen molar-refractivity contribution in [2.75, 3.05) is 26.8 Å². The monoisotopic (exact) mass is 259 g/mol. The van der Waals surface area contributed by atoms with Gasteiger partial charge in [-0.1, -0.05) is 34.1 Å². The Bertz CT molecular complexity index is 183. The van der Waals surface area contributed by atoms with Crippen molar-refractivity contribution < 1.29 is 9.53 Å². The zero-order valence-electron chi connectivity index (χ0n) is 13.3. The van der Waals surface area contributed by atoms with Gasteiger partial charge in [-0.2, -0.15) is 0 Å². The summed E-state index contributed by atoms with van der Waals surface area (Å²) >= 11 is 0. The third-order valence-corrected chi connectivity index (χ3v) is 3.00. The van der Waals surface area contributed by atoms with Gasteiger partial charge < -0.3 is 9.64 Å². The lowest BCUT2D eigenvalue weighted by Gasteiger charge is -2.14. The lowest BCUT2D eigenvalue weighted by Crippen LogP contribution is -2.25. The number of ether oxygens (including phenoxy) is 1. The lowest BCUT2D eigenvalue weighted by molar-refractivity contribution is -0.127. The highest BCUT2D eigenvalue weighted by Gasteiger charge is 2.01. The molecule has 0 saturated carbocycles. The smallest absolute Gasteiger partial charge is 0.219 e. The fraction of sp³-hybridized carbons (Fsp3) is 0.933. The summed E-state index contributed by atoms with van der Waals surface area (Å²) in [5.74, 6) is 0.934. The number of amides is 1. The molecule has 0 fully saturated rings. The highest BCUT2D eigenvalue weighted by atomic mass is 16.5. The van der Waals surface area contributed by atoms with E-state index in [0.29, 0.717) is 0 Å². The van der Waals surface area contributed by atoms with E-state index in [9.17, 15) is 4.79 Å². The van der Waals surface area contributed by atoms with E-state index in [1.165, 1.54) is 12.8 Å². The maximum Gasteiger partial charge on any atom is 0.219 e. The summed E-state index contributed by atoms with van der Waals surface area (Å²) < 4.78 is 5.52. The molecule has 0 saturated heterocycles. The van der Waals surface area contributed by atoms with Crippen LogP contribution in [0, 0.1) is 5.92 Å². The average Bonchev–Trinajstić information content (AvgIpc) is 2.39. The van der Waals surface area contributed by atoms with E-state index in [1.54, 1.807) is 11.8 Å². The number of carbonyl (C=O) groups excluding carboxylic acids is 1. The summed E-state index contributed by atoms with van der Waals surface area (Å²) in [4.78, 5) is 12.6. The molecular weight excluding hydrogens is 226 g/mol. The minimum atomic E-state index is 0.122. The molecule has 0 spiro atoms. The Kier molecular flexibility index (Phi) is 15.9. The predicted octanol–water partition coefficient (Wildman–Crippen LogP) is 3.72. The van der Waals surface area contributed by atoms with Crippen LogP contribution in [0.3, 0.4) is 0 Å². The molecule has 0 radical (unpaired) electrons. The normalized spacial score (nSPS) is 11.4. The van der Waals surface area contributed by atoms with Gasteiger partial charge in [0.25, 0.3) is 0 Å². The Morgan fingerprint density at radius 2 is 1.78 bits per heavy atom. The van der Waals surface area contributed by atoms with Crippen LogP contribution in [0.15, 0.2) is 0 Å². The summed E-state index contributed by atoms with van der Waals surface area (Å²) in [7, 11) is 1.82. The van der Waals surface area contributed by atoms with Crippen LogP contribution in [0.5, 0.6) is 0 Å². The van der Waals surface area contributed by atoms with Crippen LogP contribution < -0.4 is 0 Å². The van der Waals surface area contributed by atoms with E-state index in [2.05, 4.69) is 13.8 Å². The van der Waals surface area contributed by atoms with Gasteiger partial charge in [-0.25, -0.2) is 0 Å². The fourth-order valence-corrected chi connectivity index (χ4v) is 1.40. The van der Waals surface area contributed by atoms with E-state index < -0.39 is 0 Å². The Morgan fingerprint density at radius 1 is 1.22 bits per heavy atom. The van der Waals surface area contributed by atoms with Crippen LogP contribution in [0.2, 0.25) is 0 Å². The molecule has 3 nitrogen and oxygen atoms in total. The minimum absolute atomic E-state index is 0.122. The molecule has 18 heavy (non-hydrogen) atoms. The third kappa shape index (κ3) is 13.5. The van der Waals surface area contributed by atoms with Crippen molar-refractivity contribution in [2.45, 2.75) is 60.3 Å². The van der Waals surface area contributed by atoms with Gasteiger partial charge in [0.1, 0.15) is 0 Å². The SMILES string of the molecule is CC.CCC(C)CCCOCCCN(C)C(C)=O. The Hall–Kier alpha value is -0.570. The number of carbonyl (C=O) groups is 1. The van der Waals surface area contributed by atoms with Gasteiger partial charge in [-0.3, -0.25) is 4.79 Å². The molecule has 0 aromatic rings. The molecule has 0 aliphatic heterocycles. The van der Waals surface area contributed by atoms with Gasteiger partial charge in [-0.15, -0.1) is 0 Å². The summed E-state index contributed by atoms with van der Waals surface area (Å²) in [5.41, 5.74) is 0. The van der Waals surface area contributed by atoms with Crippen LogP contribution in [-0.4, -0.2) is 37.6 Å². The van der Waals surface area contributed by atoms with Crippen molar-refractivity contribution in [3.8, 4) is 0 Å². The first-order valence-electron chi connectivity index (χ1n) is 7.37. The Balaban J connectivity index is 0. The van der Waals surface area contributed by atoms with Crippen LogP contribution in [0.4, 0.5) is 0 Å². The first-order valence-corrected chi connectivity index (χ1v) is 7.37. The molecule has 110 valence electrons. The molecule has 3 heteroatoms. The molecule has 1 amide bonds.